The number of rotatable bonds is 5. The van der Waals surface area contributed by atoms with Crippen LogP contribution in [0, 0.1) is 6.92 Å². The first-order chi connectivity index (χ1) is 14.5. The number of hydrogen-bond donors (Lipinski definition) is 0. The number of methoxy groups -OCH3 is 2. The van der Waals surface area contributed by atoms with E-state index in [2.05, 4.69) is 33.1 Å². The molecule has 1 aliphatic heterocycles. The maximum atomic E-state index is 12.9. The van der Waals surface area contributed by atoms with Crippen LogP contribution in [-0.4, -0.2) is 70.8 Å². The molecular formula is C21H26N6O3. The van der Waals surface area contributed by atoms with Crippen molar-refractivity contribution in [3.8, 4) is 11.5 Å². The summed E-state index contributed by atoms with van der Waals surface area (Å²) in [5, 5.41) is 8.42. The van der Waals surface area contributed by atoms with Crippen LogP contribution in [0.25, 0.3) is 5.78 Å². The van der Waals surface area contributed by atoms with Crippen molar-refractivity contribution in [2.45, 2.75) is 20.3 Å². The Hall–Kier alpha value is -3.36. The van der Waals surface area contributed by atoms with Crippen LogP contribution in [0.3, 0.4) is 0 Å². The molecule has 0 aliphatic carbocycles. The van der Waals surface area contributed by atoms with E-state index in [1.54, 1.807) is 32.4 Å². The van der Waals surface area contributed by atoms with Gasteiger partial charge in [0.25, 0.3) is 11.7 Å². The number of anilines is 1. The normalized spacial score (nSPS) is 14.3. The molecule has 3 heterocycles. The minimum Gasteiger partial charge on any atom is -0.493 e. The van der Waals surface area contributed by atoms with Crippen molar-refractivity contribution in [3.05, 3.63) is 41.3 Å². The smallest absolute Gasteiger partial charge is 0.257 e. The molecule has 0 radical (unpaired) electrons. The average Bonchev–Trinajstić information content (AvgIpc) is 3.22. The molecule has 4 rings (SSSR count). The Labute approximate surface area is 175 Å². The van der Waals surface area contributed by atoms with E-state index >= 15 is 0 Å². The first-order valence-electron chi connectivity index (χ1n) is 10.0. The van der Waals surface area contributed by atoms with Crippen molar-refractivity contribution < 1.29 is 14.3 Å². The molecule has 1 fully saturated rings. The van der Waals surface area contributed by atoms with Gasteiger partial charge >= 0.3 is 0 Å². The van der Waals surface area contributed by atoms with Gasteiger partial charge in [-0.05, 0) is 25.1 Å². The molecule has 0 bridgehead atoms. The molecule has 3 aromatic rings. The SMILES string of the molecule is CCc1nnc2nc(N3CCN(C(=O)c4ccc(OC)c(OC)c4)CC3)cc(C)n12. The van der Waals surface area contributed by atoms with Crippen molar-refractivity contribution in [1.29, 1.82) is 0 Å². The van der Waals surface area contributed by atoms with Gasteiger partial charge in [0, 0.05) is 49.9 Å². The standard InChI is InChI=1S/C21H26N6O3/c1-5-18-23-24-21-22-19(12-14(2)27(18)21)25-8-10-26(11-9-25)20(28)15-6-7-16(29-3)17(13-15)30-4/h6-7,12-13H,5,8-11H2,1-4H3. The zero-order valence-electron chi connectivity index (χ0n) is 17.8. The summed E-state index contributed by atoms with van der Waals surface area (Å²) in [6.07, 6.45) is 0.806. The van der Waals surface area contributed by atoms with E-state index in [1.165, 1.54) is 0 Å². The van der Waals surface area contributed by atoms with Crippen LogP contribution in [0.1, 0.15) is 28.8 Å². The van der Waals surface area contributed by atoms with Crippen molar-refractivity contribution in [2.24, 2.45) is 0 Å². The minimum absolute atomic E-state index is 0.0137. The molecule has 30 heavy (non-hydrogen) atoms. The lowest BCUT2D eigenvalue weighted by Gasteiger charge is -2.35. The van der Waals surface area contributed by atoms with Crippen LogP contribution in [0.5, 0.6) is 11.5 Å². The third-order valence-corrected chi connectivity index (χ3v) is 5.46. The van der Waals surface area contributed by atoms with Crippen LogP contribution in [0.2, 0.25) is 0 Å². The van der Waals surface area contributed by atoms with Gasteiger partial charge in [0.2, 0.25) is 0 Å². The summed E-state index contributed by atoms with van der Waals surface area (Å²) in [5.41, 5.74) is 1.65. The first-order valence-corrected chi connectivity index (χ1v) is 10.0. The number of aryl methyl sites for hydroxylation is 2. The number of nitrogens with zero attached hydrogens (tertiary/aromatic N) is 6. The lowest BCUT2D eigenvalue weighted by Crippen LogP contribution is -2.49. The van der Waals surface area contributed by atoms with Gasteiger partial charge in [0.15, 0.2) is 11.5 Å². The molecule has 158 valence electrons. The van der Waals surface area contributed by atoms with E-state index in [4.69, 9.17) is 9.47 Å². The molecular weight excluding hydrogens is 384 g/mol. The van der Waals surface area contributed by atoms with E-state index in [0.717, 1.165) is 23.8 Å². The second kappa shape index (κ2) is 8.17. The van der Waals surface area contributed by atoms with Gasteiger partial charge in [-0.2, -0.15) is 4.98 Å². The molecule has 9 heteroatoms. The Morgan fingerprint density at radius 3 is 2.43 bits per heavy atom. The quantitative estimate of drug-likeness (QED) is 0.636. The highest BCUT2D eigenvalue weighted by atomic mass is 16.5. The summed E-state index contributed by atoms with van der Waals surface area (Å²) in [7, 11) is 3.14. The number of ether oxygens (including phenoxy) is 2. The zero-order chi connectivity index (χ0) is 21.3. The predicted octanol–water partition coefficient (Wildman–Crippen LogP) is 1.97. The van der Waals surface area contributed by atoms with Gasteiger partial charge in [0.05, 0.1) is 14.2 Å². The summed E-state index contributed by atoms with van der Waals surface area (Å²) >= 11 is 0. The number of amides is 1. The van der Waals surface area contributed by atoms with Crippen LogP contribution in [0.15, 0.2) is 24.3 Å². The van der Waals surface area contributed by atoms with Crippen molar-refractivity contribution >= 4 is 17.5 Å². The van der Waals surface area contributed by atoms with Crippen LogP contribution >= 0.6 is 0 Å². The monoisotopic (exact) mass is 410 g/mol. The number of benzene rings is 1. The molecule has 0 N–H and O–H groups in total. The van der Waals surface area contributed by atoms with E-state index in [-0.39, 0.29) is 5.91 Å². The maximum Gasteiger partial charge on any atom is 0.257 e. The minimum atomic E-state index is -0.0137. The van der Waals surface area contributed by atoms with E-state index in [0.29, 0.717) is 49.0 Å². The highest BCUT2D eigenvalue weighted by molar-refractivity contribution is 5.95. The molecule has 0 unspecified atom stereocenters. The summed E-state index contributed by atoms with van der Waals surface area (Å²) in [6.45, 7) is 6.74. The fourth-order valence-corrected chi connectivity index (χ4v) is 3.81. The second-order valence-electron chi connectivity index (χ2n) is 7.21. The Morgan fingerprint density at radius 2 is 1.77 bits per heavy atom. The third kappa shape index (κ3) is 3.51. The van der Waals surface area contributed by atoms with E-state index in [9.17, 15) is 4.79 Å². The Morgan fingerprint density at radius 1 is 1.03 bits per heavy atom. The van der Waals surface area contributed by atoms with Crippen molar-refractivity contribution in [1.82, 2.24) is 24.5 Å². The molecule has 1 amide bonds. The van der Waals surface area contributed by atoms with Crippen LogP contribution in [-0.2, 0) is 6.42 Å². The van der Waals surface area contributed by atoms with Gasteiger partial charge in [-0.15, -0.1) is 10.2 Å². The van der Waals surface area contributed by atoms with Gasteiger partial charge in [-0.25, -0.2) is 0 Å². The van der Waals surface area contributed by atoms with Gasteiger partial charge in [-0.1, -0.05) is 6.92 Å². The predicted molar refractivity (Wildman–Crippen MR) is 113 cm³/mol. The number of carbonyl (C=O) groups is 1. The third-order valence-electron chi connectivity index (χ3n) is 5.46. The summed E-state index contributed by atoms with van der Waals surface area (Å²) in [5.74, 6) is 3.54. The van der Waals surface area contributed by atoms with Gasteiger partial charge < -0.3 is 19.3 Å². The fourth-order valence-electron chi connectivity index (χ4n) is 3.81. The summed E-state index contributed by atoms with van der Waals surface area (Å²) < 4.78 is 12.6. The molecule has 0 spiro atoms. The summed E-state index contributed by atoms with van der Waals surface area (Å²) in [6, 6.07) is 7.31. The number of fused-ring (bicyclic) bond motifs is 1. The van der Waals surface area contributed by atoms with Gasteiger partial charge in [-0.3, -0.25) is 9.20 Å². The lowest BCUT2D eigenvalue weighted by atomic mass is 10.1. The molecule has 1 aliphatic rings. The Balaban J connectivity index is 1.47. The fraction of sp³-hybridized carbons (Fsp3) is 0.429. The average molecular weight is 410 g/mol. The molecule has 2 aromatic heterocycles. The van der Waals surface area contributed by atoms with E-state index < -0.39 is 0 Å². The number of carbonyl (C=O) groups excluding carboxylic acids is 1. The first kappa shape index (κ1) is 19.9. The lowest BCUT2D eigenvalue weighted by molar-refractivity contribution is 0.0746. The zero-order valence-corrected chi connectivity index (χ0v) is 17.8. The molecule has 0 atom stereocenters. The van der Waals surface area contributed by atoms with Crippen molar-refractivity contribution in [2.75, 3.05) is 45.3 Å². The van der Waals surface area contributed by atoms with Crippen molar-refractivity contribution in [3.63, 3.8) is 0 Å². The molecule has 9 nitrogen and oxygen atoms in total. The summed E-state index contributed by atoms with van der Waals surface area (Å²) in [4.78, 5) is 21.7. The highest BCUT2D eigenvalue weighted by Gasteiger charge is 2.24. The number of aromatic nitrogens is 4. The molecule has 1 saturated heterocycles. The number of hydrogen-bond acceptors (Lipinski definition) is 7. The number of piperazine rings is 1. The second-order valence-corrected chi connectivity index (χ2v) is 7.21. The Bertz CT molecular complexity index is 1070. The van der Waals surface area contributed by atoms with Crippen LogP contribution < -0.4 is 14.4 Å². The largest absolute Gasteiger partial charge is 0.493 e. The topological polar surface area (TPSA) is 85.1 Å². The Kier molecular flexibility index (Phi) is 5.43. The molecule has 1 aromatic carbocycles. The van der Waals surface area contributed by atoms with Crippen LogP contribution in [0.4, 0.5) is 5.82 Å². The maximum absolute atomic E-state index is 12.9. The van der Waals surface area contributed by atoms with E-state index in [1.807, 2.05) is 16.2 Å². The van der Waals surface area contributed by atoms with Gasteiger partial charge in [0.1, 0.15) is 11.6 Å². The molecule has 0 saturated carbocycles. The highest BCUT2D eigenvalue weighted by Crippen LogP contribution is 2.28.